The SMILES string of the molecule is COc1cc(-c2noc(C3CCCNC3)n2)cc(OC)c1OC. The third-order valence-electron chi connectivity index (χ3n) is 4.01. The highest BCUT2D eigenvalue weighted by Crippen LogP contribution is 2.40. The normalized spacial score (nSPS) is 17.8. The summed E-state index contributed by atoms with van der Waals surface area (Å²) in [6, 6.07) is 3.63. The first kappa shape index (κ1) is 15.6. The van der Waals surface area contributed by atoms with Gasteiger partial charge in [0.15, 0.2) is 11.5 Å². The molecule has 2 aromatic rings. The van der Waals surface area contributed by atoms with Gasteiger partial charge in [0, 0.05) is 12.1 Å². The van der Waals surface area contributed by atoms with E-state index >= 15 is 0 Å². The monoisotopic (exact) mass is 319 g/mol. The molecule has 1 N–H and O–H groups in total. The van der Waals surface area contributed by atoms with Gasteiger partial charge in [-0.25, -0.2) is 0 Å². The zero-order chi connectivity index (χ0) is 16.2. The van der Waals surface area contributed by atoms with Gasteiger partial charge in [-0.3, -0.25) is 0 Å². The van der Waals surface area contributed by atoms with Crippen molar-refractivity contribution in [3.8, 4) is 28.6 Å². The molecule has 1 aliphatic heterocycles. The summed E-state index contributed by atoms with van der Waals surface area (Å²) >= 11 is 0. The van der Waals surface area contributed by atoms with E-state index in [-0.39, 0.29) is 5.92 Å². The molecule has 0 saturated carbocycles. The Hall–Kier alpha value is -2.28. The number of nitrogens with zero attached hydrogens (tertiary/aromatic N) is 2. The van der Waals surface area contributed by atoms with Crippen molar-refractivity contribution in [1.82, 2.24) is 15.5 Å². The molecule has 2 heterocycles. The first-order valence-corrected chi connectivity index (χ1v) is 7.61. The highest BCUT2D eigenvalue weighted by molar-refractivity contribution is 5.66. The van der Waals surface area contributed by atoms with E-state index in [1.165, 1.54) is 0 Å². The van der Waals surface area contributed by atoms with Crippen LogP contribution in [0.15, 0.2) is 16.7 Å². The molecule has 124 valence electrons. The fourth-order valence-electron chi connectivity index (χ4n) is 2.79. The van der Waals surface area contributed by atoms with E-state index < -0.39 is 0 Å². The van der Waals surface area contributed by atoms with Gasteiger partial charge in [-0.05, 0) is 31.5 Å². The largest absolute Gasteiger partial charge is 0.493 e. The van der Waals surface area contributed by atoms with Crippen molar-refractivity contribution < 1.29 is 18.7 Å². The van der Waals surface area contributed by atoms with Crippen LogP contribution in [0.1, 0.15) is 24.7 Å². The Morgan fingerprint density at radius 2 is 1.87 bits per heavy atom. The molecule has 1 unspecified atom stereocenters. The van der Waals surface area contributed by atoms with Gasteiger partial charge in [0.2, 0.25) is 17.5 Å². The number of rotatable bonds is 5. The van der Waals surface area contributed by atoms with Crippen molar-refractivity contribution >= 4 is 0 Å². The Morgan fingerprint density at radius 1 is 1.13 bits per heavy atom. The number of nitrogens with one attached hydrogen (secondary N) is 1. The second-order valence-electron chi connectivity index (χ2n) is 5.41. The minimum Gasteiger partial charge on any atom is -0.493 e. The van der Waals surface area contributed by atoms with Crippen molar-refractivity contribution in [2.24, 2.45) is 0 Å². The Labute approximate surface area is 134 Å². The molecule has 0 amide bonds. The third-order valence-corrected chi connectivity index (χ3v) is 4.01. The zero-order valence-electron chi connectivity index (χ0n) is 13.6. The minimum absolute atomic E-state index is 0.270. The highest BCUT2D eigenvalue weighted by Gasteiger charge is 2.23. The van der Waals surface area contributed by atoms with Crippen LogP contribution in [0.3, 0.4) is 0 Å². The van der Waals surface area contributed by atoms with E-state index in [2.05, 4.69) is 15.5 Å². The molecule has 1 fully saturated rings. The Balaban J connectivity index is 1.93. The predicted molar refractivity (Wildman–Crippen MR) is 84.2 cm³/mol. The maximum absolute atomic E-state index is 5.45. The van der Waals surface area contributed by atoms with Gasteiger partial charge >= 0.3 is 0 Å². The van der Waals surface area contributed by atoms with Crippen molar-refractivity contribution in [3.63, 3.8) is 0 Å². The lowest BCUT2D eigenvalue weighted by Gasteiger charge is -2.18. The Morgan fingerprint density at radius 3 is 2.43 bits per heavy atom. The van der Waals surface area contributed by atoms with Gasteiger partial charge in [-0.2, -0.15) is 4.98 Å². The van der Waals surface area contributed by atoms with Crippen molar-refractivity contribution in [1.29, 1.82) is 0 Å². The smallest absolute Gasteiger partial charge is 0.231 e. The average Bonchev–Trinajstić information content (AvgIpc) is 3.11. The number of aromatic nitrogens is 2. The molecule has 1 atom stereocenters. The van der Waals surface area contributed by atoms with E-state index in [1.54, 1.807) is 21.3 Å². The van der Waals surface area contributed by atoms with Gasteiger partial charge in [0.25, 0.3) is 0 Å². The van der Waals surface area contributed by atoms with Gasteiger partial charge in [0.05, 0.1) is 27.2 Å². The highest BCUT2D eigenvalue weighted by atomic mass is 16.5. The van der Waals surface area contributed by atoms with Crippen LogP contribution in [0.2, 0.25) is 0 Å². The standard InChI is InChI=1S/C16H21N3O4/c1-20-12-7-11(8-13(21-2)14(12)22-3)15-18-16(23-19-15)10-5-4-6-17-9-10/h7-8,10,17H,4-6,9H2,1-3H3. The van der Waals surface area contributed by atoms with Crippen molar-refractivity contribution in [2.45, 2.75) is 18.8 Å². The average molecular weight is 319 g/mol. The van der Waals surface area contributed by atoms with E-state index in [4.69, 9.17) is 18.7 Å². The van der Waals surface area contributed by atoms with Crippen LogP contribution in [0.4, 0.5) is 0 Å². The fourth-order valence-corrected chi connectivity index (χ4v) is 2.79. The summed E-state index contributed by atoms with van der Waals surface area (Å²) < 4.78 is 21.5. The molecular weight excluding hydrogens is 298 g/mol. The summed E-state index contributed by atoms with van der Waals surface area (Å²) in [5.74, 6) is 3.12. The summed E-state index contributed by atoms with van der Waals surface area (Å²) in [4.78, 5) is 4.54. The molecule has 0 spiro atoms. The topological polar surface area (TPSA) is 78.6 Å². The van der Waals surface area contributed by atoms with Crippen LogP contribution in [-0.4, -0.2) is 44.6 Å². The van der Waals surface area contributed by atoms with Crippen LogP contribution < -0.4 is 19.5 Å². The molecule has 0 bridgehead atoms. The number of methoxy groups -OCH3 is 3. The van der Waals surface area contributed by atoms with E-state index in [9.17, 15) is 0 Å². The molecule has 23 heavy (non-hydrogen) atoms. The van der Waals surface area contributed by atoms with E-state index in [0.29, 0.717) is 29.0 Å². The molecule has 0 aliphatic carbocycles. The number of ether oxygens (including phenoxy) is 3. The number of hydrogen-bond acceptors (Lipinski definition) is 7. The lowest BCUT2D eigenvalue weighted by atomic mass is 10.00. The van der Waals surface area contributed by atoms with Crippen molar-refractivity contribution in [3.05, 3.63) is 18.0 Å². The first-order chi connectivity index (χ1) is 11.3. The Bertz CT molecular complexity index is 640. The van der Waals surface area contributed by atoms with Crippen LogP contribution in [0, 0.1) is 0 Å². The second kappa shape index (κ2) is 6.87. The predicted octanol–water partition coefficient (Wildman–Crippen LogP) is 2.23. The van der Waals surface area contributed by atoms with Gasteiger partial charge < -0.3 is 24.1 Å². The molecule has 1 aromatic heterocycles. The fraction of sp³-hybridized carbons (Fsp3) is 0.500. The van der Waals surface area contributed by atoms with Crippen molar-refractivity contribution in [2.75, 3.05) is 34.4 Å². The van der Waals surface area contributed by atoms with Gasteiger partial charge in [0.1, 0.15) is 0 Å². The number of piperidine rings is 1. The molecule has 1 aromatic carbocycles. The molecule has 7 heteroatoms. The zero-order valence-corrected chi connectivity index (χ0v) is 13.6. The number of benzene rings is 1. The molecule has 1 aliphatic rings. The van der Waals surface area contributed by atoms with E-state index in [0.717, 1.165) is 31.5 Å². The summed E-state index contributed by atoms with van der Waals surface area (Å²) in [5, 5.41) is 7.45. The lowest BCUT2D eigenvalue weighted by molar-refractivity contribution is 0.322. The quantitative estimate of drug-likeness (QED) is 0.905. The van der Waals surface area contributed by atoms with E-state index in [1.807, 2.05) is 12.1 Å². The number of hydrogen-bond donors (Lipinski definition) is 1. The molecule has 0 radical (unpaired) electrons. The second-order valence-corrected chi connectivity index (χ2v) is 5.41. The molecule has 3 rings (SSSR count). The first-order valence-electron chi connectivity index (χ1n) is 7.61. The Kier molecular flexibility index (Phi) is 4.66. The molecular formula is C16H21N3O4. The van der Waals surface area contributed by atoms with Crippen LogP contribution >= 0.6 is 0 Å². The summed E-state index contributed by atoms with van der Waals surface area (Å²) in [7, 11) is 4.73. The summed E-state index contributed by atoms with van der Waals surface area (Å²) in [5.41, 5.74) is 0.762. The van der Waals surface area contributed by atoms with Gasteiger partial charge in [-0.15, -0.1) is 0 Å². The maximum Gasteiger partial charge on any atom is 0.231 e. The minimum atomic E-state index is 0.270. The summed E-state index contributed by atoms with van der Waals surface area (Å²) in [6.07, 6.45) is 2.18. The van der Waals surface area contributed by atoms with Crippen LogP contribution in [0.5, 0.6) is 17.2 Å². The van der Waals surface area contributed by atoms with Crippen LogP contribution in [-0.2, 0) is 0 Å². The van der Waals surface area contributed by atoms with Gasteiger partial charge in [-0.1, -0.05) is 5.16 Å². The van der Waals surface area contributed by atoms with Crippen LogP contribution in [0.25, 0.3) is 11.4 Å². The lowest BCUT2D eigenvalue weighted by Crippen LogP contribution is -2.28. The third kappa shape index (κ3) is 3.10. The summed E-state index contributed by atoms with van der Waals surface area (Å²) in [6.45, 7) is 1.92. The maximum atomic E-state index is 5.45. The molecule has 1 saturated heterocycles. The molecule has 7 nitrogen and oxygen atoms in total.